The fraction of sp³-hybridized carbons (Fsp3) is 0.455. The normalized spacial score (nSPS) is 13.5. The molecule has 0 aliphatic rings. The largest absolute Gasteiger partial charge is 0.573 e. The Morgan fingerprint density at radius 1 is 1.35 bits per heavy atom. The molecule has 2 nitrogen and oxygen atoms in total. The van der Waals surface area contributed by atoms with E-state index >= 15 is 0 Å². The fourth-order valence-corrected chi connectivity index (χ4v) is 1.33. The highest BCUT2D eigenvalue weighted by Crippen LogP contribution is 2.26. The lowest BCUT2D eigenvalue weighted by atomic mass is 10.0. The highest BCUT2D eigenvalue weighted by Gasteiger charge is 2.32. The van der Waals surface area contributed by atoms with Crippen LogP contribution in [0.5, 0.6) is 5.75 Å². The van der Waals surface area contributed by atoms with E-state index in [1.807, 2.05) is 6.92 Å². The molecule has 0 saturated carbocycles. The molecule has 0 spiro atoms. The van der Waals surface area contributed by atoms with Crippen LogP contribution in [0.25, 0.3) is 0 Å². The molecule has 1 aromatic rings. The Morgan fingerprint density at radius 2 is 2.00 bits per heavy atom. The van der Waals surface area contributed by atoms with E-state index in [-0.39, 0.29) is 6.04 Å². The summed E-state index contributed by atoms with van der Waals surface area (Å²) in [6, 6.07) is 3.21. The van der Waals surface area contributed by atoms with Crippen molar-refractivity contribution in [3.05, 3.63) is 29.6 Å². The van der Waals surface area contributed by atoms with Crippen LogP contribution in [0, 0.1) is 5.82 Å². The van der Waals surface area contributed by atoms with Crippen molar-refractivity contribution in [1.29, 1.82) is 0 Å². The monoisotopic (exact) mass is 251 g/mol. The number of alkyl halides is 3. The molecule has 0 heterocycles. The quantitative estimate of drug-likeness (QED) is 0.835. The lowest BCUT2D eigenvalue weighted by molar-refractivity contribution is -0.275. The molecule has 6 heteroatoms. The van der Waals surface area contributed by atoms with Gasteiger partial charge in [0.2, 0.25) is 0 Å². The summed E-state index contributed by atoms with van der Waals surface area (Å²) in [6.07, 6.45) is -3.76. The van der Waals surface area contributed by atoms with Crippen LogP contribution in [0.4, 0.5) is 17.6 Å². The van der Waals surface area contributed by atoms with Crippen LogP contribution in [0.3, 0.4) is 0 Å². The maximum absolute atomic E-state index is 13.3. The van der Waals surface area contributed by atoms with Crippen LogP contribution in [-0.2, 0) is 6.42 Å². The minimum atomic E-state index is -4.89. The first-order valence-electron chi connectivity index (χ1n) is 5.11. The molecule has 1 atom stereocenters. The van der Waals surface area contributed by atoms with Crippen LogP contribution in [0.2, 0.25) is 0 Å². The lowest BCUT2D eigenvalue weighted by Gasteiger charge is -2.12. The van der Waals surface area contributed by atoms with Gasteiger partial charge >= 0.3 is 6.36 Å². The average Bonchev–Trinajstić information content (AvgIpc) is 2.20. The van der Waals surface area contributed by atoms with Crippen molar-refractivity contribution in [3.63, 3.8) is 0 Å². The molecule has 0 saturated heterocycles. The maximum atomic E-state index is 13.3. The first kappa shape index (κ1) is 13.8. The van der Waals surface area contributed by atoms with Gasteiger partial charge in [0, 0.05) is 6.04 Å². The third-order valence-corrected chi connectivity index (χ3v) is 2.24. The van der Waals surface area contributed by atoms with Gasteiger partial charge in [0.1, 0.15) is 0 Å². The molecule has 0 bridgehead atoms. The number of nitrogens with two attached hydrogens (primary N) is 1. The van der Waals surface area contributed by atoms with Crippen molar-refractivity contribution in [1.82, 2.24) is 0 Å². The molecule has 2 N–H and O–H groups in total. The zero-order valence-corrected chi connectivity index (χ0v) is 9.22. The first-order chi connectivity index (χ1) is 7.81. The van der Waals surface area contributed by atoms with E-state index in [0.717, 1.165) is 12.1 Å². The van der Waals surface area contributed by atoms with Crippen molar-refractivity contribution >= 4 is 0 Å². The van der Waals surface area contributed by atoms with E-state index < -0.39 is 17.9 Å². The molecule has 0 aliphatic heterocycles. The summed E-state index contributed by atoms with van der Waals surface area (Å²) >= 11 is 0. The minimum Gasteiger partial charge on any atom is -0.403 e. The molecule has 1 unspecified atom stereocenters. The highest BCUT2D eigenvalue weighted by molar-refractivity contribution is 5.30. The van der Waals surface area contributed by atoms with Crippen molar-refractivity contribution in [2.75, 3.05) is 0 Å². The molecule has 1 rings (SSSR count). The van der Waals surface area contributed by atoms with Gasteiger partial charge in [-0.2, -0.15) is 0 Å². The van der Waals surface area contributed by atoms with Gasteiger partial charge in [-0.1, -0.05) is 13.0 Å². The Labute approximate surface area is 96.4 Å². The summed E-state index contributed by atoms with van der Waals surface area (Å²) in [5, 5.41) is 0. The predicted molar refractivity (Wildman–Crippen MR) is 55.1 cm³/mol. The Morgan fingerprint density at radius 3 is 2.47 bits per heavy atom. The van der Waals surface area contributed by atoms with Crippen LogP contribution >= 0.6 is 0 Å². The fourth-order valence-electron chi connectivity index (χ4n) is 1.33. The van der Waals surface area contributed by atoms with Crippen molar-refractivity contribution in [2.24, 2.45) is 5.73 Å². The molecule has 0 amide bonds. The number of rotatable bonds is 4. The molecule has 17 heavy (non-hydrogen) atoms. The minimum absolute atomic E-state index is 0.135. The zero-order chi connectivity index (χ0) is 13.1. The smallest absolute Gasteiger partial charge is 0.403 e. The van der Waals surface area contributed by atoms with Crippen LogP contribution in [0.15, 0.2) is 18.2 Å². The van der Waals surface area contributed by atoms with Crippen LogP contribution in [0.1, 0.15) is 18.9 Å². The summed E-state index contributed by atoms with van der Waals surface area (Å²) in [4.78, 5) is 0. The van der Waals surface area contributed by atoms with E-state index in [0.29, 0.717) is 18.4 Å². The number of ether oxygens (including phenoxy) is 1. The third-order valence-electron chi connectivity index (χ3n) is 2.24. The van der Waals surface area contributed by atoms with E-state index in [1.165, 1.54) is 6.07 Å². The first-order valence-corrected chi connectivity index (χ1v) is 5.11. The summed E-state index contributed by atoms with van der Waals surface area (Å²) in [5.41, 5.74) is 6.21. The van der Waals surface area contributed by atoms with Gasteiger partial charge in [0.15, 0.2) is 11.6 Å². The summed E-state index contributed by atoms with van der Waals surface area (Å²) < 4.78 is 52.4. The predicted octanol–water partition coefficient (Wildman–Crippen LogP) is 3.00. The van der Waals surface area contributed by atoms with Gasteiger partial charge in [0.05, 0.1) is 0 Å². The van der Waals surface area contributed by atoms with Crippen molar-refractivity contribution in [3.8, 4) is 5.75 Å². The van der Waals surface area contributed by atoms with Gasteiger partial charge in [0.25, 0.3) is 0 Å². The van der Waals surface area contributed by atoms with E-state index in [9.17, 15) is 17.6 Å². The van der Waals surface area contributed by atoms with Crippen molar-refractivity contribution in [2.45, 2.75) is 32.2 Å². The molecule has 0 fully saturated rings. The van der Waals surface area contributed by atoms with Gasteiger partial charge in [-0.15, -0.1) is 13.2 Å². The topological polar surface area (TPSA) is 35.2 Å². The van der Waals surface area contributed by atoms with Gasteiger partial charge in [-0.05, 0) is 30.5 Å². The Kier molecular flexibility index (Phi) is 4.34. The maximum Gasteiger partial charge on any atom is 0.573 e. The Hall–Kier alpha value is -1.30. The van der Waals surface area contributed by atoms with Gasteiger partial charge < -0.3 is 10.5 Å². The molecular formula is C11H13F4NO. The van der Waals surface area contributed by atoms with Crippen LogP contribution in [-0.4, -0.2) is 12.4 Å². The van der Waals surface area contributed by atoms with Gasteiger partial charge in [-0.25, -0.2) is 4.39 Å². The molecule has 0 aliphatic carbocycles. The van der Waals surface area contributed by atoms with Gasteiger partial charge in [-0.3, -0.25) is 0 Å². The molecular weight excluding hydrogens is 238 g/mol. The SMILES string of the molecule is CCC(N)Cc1ccc(OC(F)(F)F)c(F)c1. The second-order valence-corrected chi connectivity index (χ2v) is 3.69. The van der Waals surface area contributed by atoms with E-state index in [4.69, 9.17) is 5.73 Å². The highest BCUT2D eigenvalue weighted by atomic mass is 19.4. The molecule has 96 valence electrons. The third kappa shape index (κ3) is 4.60. The average molecular weight is 251 g/mol. The number of benzene rings is 1. The number of hydrogen-bond acceptors (Lipinski definition) is 2. The van der Waals surface area contributed by atoms with E-state index in [2.05, 4.69) is 4.74 Å². The zero-order valence-electron chi connectivity index (χ0n) is 9.22. The Bertz CT molecular complexity index is 378. The molecule has 0 radical (unpaired) electrons. The number of hydrogen-bond donors (Lipinski definition) is 1. The Balaban J connectivity index is 2.79. The molecule has 1 aromatic carbocycles. The van der Waals surface area contributed by atoms with E-state index in [1.54, 1.807) is 0 Å². The van der Waals surface area contributed by atoms with Crippen molar-refractivity contribution < 1.29 is 22.3 Å². The van der Waals surface area contributed by atoms with Crippen LogP contribution < -0.4 is 10.5 Å². The molecule has 0 aromatic heterocycles. The summed E-state index contributed by atoms with van der Waals surface area (Å²) in [7, 11) is 0. The summed E-state index contributed by atoms with van der Waals surface area (Å²) in [5.74, 6) is -1.87. The lowest BCUT2D eigenvalue weighted by Crippen LogP contribution is -2.21. The standard InChI is InChI=1S/C11H13F4NO/c1-2-8(16)5-7-3-4-10(9(12)6-7)17-11(13,14)15/h3-4,6,8H,2,5,16H2,1H3. The number of halogens is 4. The second-order valence-electron chi connectivity index (χ2n) is 3.69. The summed E-state index contributed by atoms with van der Waals surface area (Å²) in [6.45, 7) is 1.88. The second kappa shape index (κ2) is 5.35.